The maximum Gasteiger partial charge on any atom is 0.334 e. The van der Waals surface area contributed by atoms with Crippen LogP contribution in [0, 0.1) is 5.92 Å². The van der Waals surface area contributed by atoms with Crippen molar-refractivity contribution in [2.45, 2.75) is 78.2 Å². The van der Waals surface area contributed by atoms with E-state index < -0.39 is 30.3 Å². The van der Waals surface area contributed by atoms with Gasteiger partial charge in [-0.1, -0.05) is 65.7 Å². The molecule has 1 heterocycles. The number of rotatable bonds is 6. The zero-order chi connectivity index (χ0) is 22.9. The summed E-state index contributed by atoms with van der Waals surface area (Å²) in [5.41, 5.74) is 2.71. The van der Waals surface area contributed by atoms with Crippen LogP contribution in [0.5, 0.6) is 0 Å². The Labute approximate surface area is 184 Å². The normalized spacial score (nSPS) is 22.1. The van der Waals surface area contributed by atoms with Gasteiger partial charge in [0.05, 0.1) is 0 Å². The molecular weight excluding hydrogens is 394 g/mol. The smallest absolute Gasteiger partial charge is 0.324 e. The summed E-state index contributed by atoms with van der Waals surface area (Å²) in [7, 11) is 0. The van der Waals surface area contributed by atoms with E-state index in [1.165, 1.54) is 0 Å². The summed E-state index contributed by atoms with van der Waals surface area (Å²) in [5.74, 6) is -1.69. The number of para-hydroxylation sites is 1. The van der Waals surface area contributed by atoms with E-state index in [0.717, 1.165) is 45.9 Å². The van der Waals surface area contributed by atoms with Crippen LogP contribution >= 0.6 is 0 Å². The van der Waals surface area contributed by atoms with Crippen LogP contribution in [-0.4, -0.2) is 46.1 Å². The van der Waals surface area contributed by atoms with Crippen LogP contribution in [0.4, 0.5) is 10.5 Å². The minimum absolute atomic E-state index is 0.148. The monoisotopic (exact) mass is 427 g/mol. The number of nitrogens with zero attached hydrogens (tertiary/aromatic N) is 2. The Hall–Kier alpha value is -2.70. The summed E-state index contributed by atoms with van der Waals surface area (Å²) in [6.45, 7) is 9.72. The number of amides is 5. The van der Waals surface area contributed by atoms with Crippen LogP contribution in [-0.2, 0) is 14.4 Å². The minimum atomic E-state index is -0.917. The highest BCUT2D eigenvalue weighted by Crippen LogP contribution is 2.33. The summed E-state index contributed by atoms with van der Waals surface area (Å²) in [4.78, 5) is 52.8. The lowest BCUT2D eigenvalue weighted by atomic mass is 9.85. The van der Waals surface area contributed by atoms with Gasteiger partial charge in [0.1, 0.15) is 6.54 Å². The number of hydrogen-bond acceptors (Lipinski definition) is 4. The molecular formula is C24H33N3O4. The Bertz CT molecular complexity index is 867. The minimum Gasteiger partial charge on any atom is -0.324 e. The molecule has 3 rings (SSSR count). The summed E-state index contributed by atoms with van der Waals surface area (Å²) >= 11 is 0. The number of hydrogen-bond donors (Lipinski definition) is 1. The van der Waals surface area contributed by atoms with E-state index in [9.17, 15) is 19.2 Å². The number of carbonyl (C=O) groups is 4. The zero-order valence-electron chi connectivity index (χ0n) is 19.1. The lowest BCUT2D eigenvalue weighted by Gasteiger charge is -2.34. The quantitative estimate of drug-likeness (QED) is 0.543. The molecule has 1 aliphatic heterocycles. The van der Waals surface area contributed by atoms with E-state index in [1.54, 1.807) is 0 Å². The number of urea groups is 1. The van der Waals surface area contributed by atoms with Crippen LogP contribution in [0.3, 0.4) is 0 Å². The largest absolute Gasteiger partial charge is 0.334 e. The van der Waals surface area contributed by atoms with Crippen molar-refractivity contribution in [3.8, 4) is 0 Å². The summed E-state index contributed by atoms with van der Waals surface area (Å²) in [6, 6.07) is 4.95. The molecule has 2 fully saturated rings. The molecule has 1 N–H and O–H groups in total. The molecule has 2 atom stereocenters. The topological polar surface area (TPSA) is 86.8 Å². The lowest BCUT2D eigenvalue weighted by molar-refractivity contribution is -0.145. The van der Waals surface area contributed by atoms with Gasteiger partial charge in [0.25, 0.3) is 0 Å². The number of anilines is 1. The first-order chi connectivity index (χ1) is 14.6. The summed E-state index contributed by atoms with van der Waals surface area (Å²) in [6.07, 6.45) is 3.60. The van der Waals surface area contributed by atoms with Gasteiger partial charge in [0.2, 0.25) is 5.91 Å². The molecule has 1 saturated heterocycles. The van der Waals surface area contributed by atoms with Crippen molar-refractivity contribution in [1.29, 1.82) is 0 Å². The van der Waals surface area contributed by atoms with Crippen molar-refractivity contribution in [2.75, 3.05) is 11.9 Å². The molecule has 1 aromatic carbocycles. The first-order valence-corrected chi connectivity index (χ1v) is 11.2. The fourth-order valence-electron chi connectivity index (χ4n) is 4.65. The van der Waals surface area contributed by atoms with Gasteiger partial charge >= 0.3 is 17.8 Å². The molecule has 1 aliphatic carbocycles. The molecule has 31 heavy (non-hydrogen) atoms. The van der Waals surface area contributed by atoms with Gasteiger partial charge in [-0.05, 0) is 41.7 Å². The Morgan fingerprint density at radius 3 is 2.13 bits per heavy atom. The number of benzene rings is 1. The van der Waals surface area contributed by atoms with E-state index in [1.807, 2.05) is 52.8 Å². The first kappa shape index (κ1) is 23.0. The van der Waals surface area contributed by atoms with Crippen LogP contribution in [0.15, 0.2) is 18.2 Å². The van der Waals surface area contributed by atoms with E-state index in [2.05, 4.69) is 5.32 Å². The van der Waals surface area contributed by atoms with E-state index in [0.29, 0.717) is 6.42 Å². The molecule has 7 heteroatoms. The van der Waals surface area contributed by atoms with E-state index in [4.69, 9.17) is 0 Å². The van der Waals surface area contributed by atoms with Gasteiger partial charge in [-0.15, -0.1) is 0 Å². The lowest BCUT2D eigenvalue weighted by Crippen LogP contribution is -2.46. The Balaban J connectivity index is 1.79. The van der Waals surface area contributed by atoms with Crippen LogP contribution in [0.1, 0.15) is 83.3 Å². The molecule has 5 amide bonds. The molecule has 0 bridgehead atoms. The Morgan fingerprint density at radius 1 is 1.00 bits per heavy atom. The Morgan fingerprint density at radius 2 is 1.58 bits per heavy atom. The van der Waals surface area contributed by atoms with Gasteiger partial charge in [-0.2, -0.15) is 0 Å². The van der Waals surface area contributed by atoms with Gasteiger partial charge < -0.3 is 5.32 Å². The predicted octanol–water partition coefficient (Wildman–Crippen LogP) is 4.24. The number of carbonyl (C=O) groups excluding carboxylic acids is 4. The maximum absolute atomic E-state index is 12.9. The van der Waals surface area contributed by atoms with Gasteiger partial charge in [-0.3, -0.25) is 19.3 Å². The van der Waals surface area contributed by atoms with Crippen LogP contribution < -0.4 is 5.32 Å². The van der Waals surface area contributed by atoms with Gasteiger partial charge in [0, 0.05) is 11.7 Å². The molecule has 0 unspecified atom stereocenters. The maximum atomic E-state index is 12.9. The van der Waals surface area contributed by atoms with Crippen molar-refractivity contribution < 1.29 is 19.2 Å². The van der Waals surface area contributed by atoms with Gasteiger partial charge in [0.15, 0.2) is 0 Å². The predicted molar refractivity (Wildman–Crippen MR) is 119 cm³/mol. The van der Waals surface area contributed by atoms with E-state index in [-0.39, 0.29) is 23.8 Å². The van der Waals surface area contributed by atoms with E-state index >= 15 is 0 Å². The first-order valence-electron chi connectivity index (χ1n) is 11.2. The number of imide groups is 2. The fourth-order valence-corrected chi connectivity index (χ4v) is 4.65. The molecule has 7 nitrogen and oxygen atoms in total. The van der Waals surface area contributed by atoms with Crippen molar-refractivity contribution in [1.82, 2.24) is 9.80 Å². The Kier molecular flexibility index (Phi) is 6.82. The highest BCUT2D eigenvalue weighted by Gasteiger charge is 2.49. The SMILES string of the molecule is CC(C)c1cccc(C(C)C)c1NC(=O)CN1C(=O)C(=O)N([C@H]2CCCC[C@@H]2C)C1=O. The van der Waals surface area contributed by atoms with Crippen molar-refractivity contribution in [3.63, 3.8) is 0 Å². The third-order valence-electron chi connectivity index (χ3n) is 6.42. The molecule has 168 valence electrons. The van der Waals surface area contributed by atoms with Gasteiger partial charge in [-0.25, -0.2) is 9.69 Å². The van der Waals surface area contributed by atoms with Crippen LogP contribution in [0.25, 0.3) is 0 Å². The second-order valence-corrected chi connectivity index (χ2v) is 9.35. The molecule has 0 radical (unpaired) electrons. The molecule has 1 saturated carbocycles. The standard InChI is InChI=1S/C24H33N3O4/c1-14(2)17-10-8-11-18(15(3)4)21(17)25-20(28)13-26-22(29)23(30)27(24(26)31)19-12-7-6-9-16(19)5/h8,10-11,14-16,19H,6-7,9,12-13H2,1-5H3,(H,25,28)/t16-,19-/m0/s1. The molecule has 0 spiro atoms. The average Bonchev–Trinajstić information content (AvgIpc) is 2.91. The average molecular weight is 428 g/mol. The second-order valence-electron chi connectivity index (χ2n) is 9.35. The summed E-state index contributed by atoms with van der Waals surface area (Å²) < 4.78 is 0. The fraction of sp³-hybridized carbons (Fsp3) is 0.583. The number of nitrogens with one attached hydrogen (secondary N) is 1. The third kappa shape index (κ3) is 4.50. The summed E-state index contributed by atoms with van der Waals surface area (Å²) in [5, 5.41) is 2.91. The van der Waals surface area contributed by atoms with Crippen molar-refractivity contribution >= 4 is 29.4 Å². The highest BCUT2D eigenvalue weighted by molar-refractivity contribution is 6.45. The van der Waals surface area contributed by atoms with Crippen molar-refractivity contribution in [2.24, 2.45) is 5.92 Å². The third-order valence-corrected chi connectivity index (χ3v) is 6.42. The molecule has 0 aromatic heterocycles. The molecule has 2 aliphatic rings. The zero-order valence-corrected chi connectivity index (χ0v) is 19.1. The molecule has 1 aromatic rings. The van der Waals surface area contributed by atoms with Crippen molar-refractivity contribution in [3.05, 3.63) is 29.3 Å². The second kappa shape index (κ2) is 9.20. The highest BCUT2D eigenvalue weighted by atomic mass is 16.2. The van der Waals surface area contributed by atoms with Crippen LogP contribution in [0.2, 0.25) is 0 Å².